The monoisotopic (exact) mass is 374 g/mol. The van der Waals surface area contributed by atoms with E-state index in [1.165, 1.54) is 16.7 Å². The molecule has 2 nitrogen and oxygen atoms in total. The summed E-state index contributed by atoms with van der Waals surface area (Å²) in [6.45, 7) is 7.08. The highest BCUT2D eigenvalue weighted by molar-refractivity contribution is 5.29. The quantitative estimate of drug-likeness (QED) is 0.389. The van der Waals surface area contributed by atoms with Crippen LogP contribution < -0.4 is 4.74 Å². The Kier molecular flexibility index (Phi) is 7.27. The Morgan fingerprint density at radius 1 is 0.786 bits per heavy atom. The summed E-state index contributed by atoms with van der Waals surface area (Å²) < 4.78 is 12.4. The molecule has 0 fully saturated rings. The Balaban J connectivity index is 1.68. The fourth-order valence-electron chi connectivity index (χ4n) is 3.08. The smallest absolute Gasteiger partial charge is 0.204 e. The number of ether oxygens (including phenoxy) is 2. The standard InChI is InChI=1S/C26H30O2/c1-4-21(3)24-14-16-25(17-15-24)28-26(18-22-8-6-5-7-9-22)27-19-23-12-10-20(2)11-13-23/h5-17,21,26H,4,18-19H2,1-3H3. The third-order valence-electron chi connectivity index (χ3n) is 5.13. The van der Waals surface area contributed by atoms with Gasteiger partial charge in [-0.05, 0) is 48.1 Å². The van der Waals surface area contributed by atoms with E-state index in [0.717, 1.165) is 17.7 Å². The number of hydrogen-bond acceptors (Lipinski definition) is 2. The van der Waals surface area contributed by atoms with Crippen molar-refractivity contribution < 1.29 is 9.47 Å². The highest BCUT2D eigenvalue weighted by Crippen LogP contribution is 2.23. The number of hydrogen-bond donors (Lipinski definition) is 0. The minimum atomic E-state index is -0.335. The Bertz CT molecular complexity index is 823. The normalized spacial score (nSPS) is 13.1. The molecule has 0 aliphatic carbocycles. The van der Waals surface area contributed by atoms with Crippen LogP contribution in [0.25, 0.3) is 0 Å². The van der Waals surface area contributed by atoms with E-state index in [9.17, 15) is 0 Å². The topological polar surface area (TPSA) is 18.5 Å². The third-order valence-corrected chi connectivity index (χ3v) is 5.13. The summed E-state index contributed by atoms with van der Waals surface area (Å²) in [5.74, 6) is 1.41. The van der Waals surface area contributed by atoms with Crippen LogP contribution in [0, 0.1) is 6.92 Å². The molecule has 2 atom stereocenters. The van der Waals surface area contributed by atoms with Crippen molar-refractivity contribution >= 4 is 0 Å². The molecule has 2 heteroatoms. The zero-order chi connectivity index (χ0) is 19.8. The summed E-state index contributed by atoms with van der Waals surface area (Å²) in [5.41, 5.74) is 4.95. The zero-order valence-electron chi connectivity index (χ0n) is 17.1. The molecule has 0 N–H and O–H groups in total. The van der Waals surface area contributed by atoms with E-state index in [1.54, 1.807) is 0 Å². The van der Waals surface area contributed by atoms with E-state index in [-0.39, 0.29) is 6.29 Å². The minimum Gasteiger partial charge on any atom is -0.465 e. The van der Waals surface area contributed by atoms with Crippen LogP contribution in [-0.4, -0.2) is 6.29 Å². The van der Waals surface area contributed by atoms with E-state index >= 15 is 0 Å². The van der Waals surface area contributed by atoms with Gasteiger partial charge < -0.3 is 9.47 Å². The molecule has 28 heavy (non-hydrogen) atoms. The van der Waals surface area contributed by atoms with Crippen LogP contribution in [0.3, 0.4) is 0 Å². The molecule has 146 valence electrons. The molecule has 0 aliphatic heterocycles. The minimum absolute atomic E-state index is 0.335. The first-order valence-electron chi connectivity index (χ1n) is 10.1. The molecule has 0 heterocycles. The Morgan fingerprint density at radius 3 is 2.11 bits per heavy atom. The first-order chi connectivity index (χ1) is 13.6. The van der Waals surface area contributed by atoms with Gasteiger partial charge in [0.1, 0.15) is 5.75 Å². The fraction of sp³-hybridized carbons (Fsp3) is 0.308. The summed E-state index contributed by atoms with van der Waals surface area (Å²) in [7, 11) is 0. The number of aryl methyl sites for hydroxylation is 1. The second kappa shape index (κ2) is 10.1. The van der Waals surface area contributed by atoms with Gasteiger partial charge in [-0.15, -0.1) is 0 Å². The molecule has 0 radical (unpaired) electrons. The van der Waals surface area contributed by atoms with Crippen LogP contribution in [0.15, 0.2) is 78.9 Å². The Morgan fingerprint density at radius 2 is 1.46 bits per heavy atom. The zero-order valence-corrected chi connectivity index (χ0v) is 17.1. The van der Waals surface area contributed by atoms with Crippen LogP contribution in [0.1, 0.15) is 48.4 Å². The number of rotatable bonds is 9. The second-order valence-electron chi connectivity index (χ2n) is 7.41. The molecule has 2 unspecified atom stereocenters. The van der Waals surface area contributed by atoms with Crippen molar-refractivity contribution in [2.75, 3.05) is 0 Å². The largest absolute Gasteiger partial charge is 0.465 e. The predicted molar refractivity (Wildman–Crippen MR) is 116 cm³/mol. The third kappa shape index (κ3) is 5.97. The SMILES string of the molecule is CCC(C)c1ccc(OC(Cc2ccccc2)OCc2ccc(C)cc2)cc1. The first kappa shape index (κ1) is 20.2. The second-order valence-corrected chi connectivity index (χ2v) is 7.41. The summed E-state index contributed by atoms with van der Waals surface area (Å²) in [6, 6.07) is 27.2. The molecule has 0 amide bonds. The van der Waals surface area contributed by atoms with Gasteiger partial charge in [0.15, 0.2) is 0 Å². The van der Waals surface area contributed by atoms with E-state index < -0.39 is 0 Å². The van der Waals surface area contributed by atoms with E-state index in [0.29, 0.717) is 18.9 Å². The van der Waals surface area contributed by atoms with Gasteiger partial charge in [0.2, 0.25) is 6.29 Å². The van der Waals surface area contributed by atoms with Crippen LogP contribution in [0.2, 0.25) is 0 Å². The molecule has 0 aromatic heterocycles. The average Bonchev–Trinajstić information content (AvgIpc) is 2.74. The highest BCUT2D eigenvalue weighted by Gasteiger charge is 2.13. The van der Waals surface area contributed by atoms with Crippen molar-refractivity contribution in [3.8, 4) is 5.75 Å². The average molecular weight is 375 g/mol. The molecule has 3 aromatic rings. The maximum Gasteiger partial charge on any atom is 0.204 e. The molecular formula is C26H30O2. The molecule has 0 saturated heterocycles. The van der Waals surface area contributed by atoms with Crippen molar-refractivity contribution in [2.45, 2.75) is 52.4 Å². The van der Waals surface area contributed by atoms with Crippen LogP contribution in [0.4, 0.5) is 0 Å². The maximum absolute atomic E-state index is 6.21. The highest BCUT2D eigenvalue weighted by atomic mass is 16.7. The predicted octanol–water partition coefficient (Wildman–Crippen LogP) is 6.67. The lowest BCUT2D eigenvalue weighted by atomic mass is 9.99. The molecule has 0 bridgehead atoms. The van der Waals surface area contributed by atoms with Gasteiger partial charge in [-0.1, -0.05) is 86.1 Å². The number of benzene rings is 3. The van der Waals surface area contributed by atoms with Crippen molar-refractivity contribution in [2.24, 2.45) is 0 Å². The van der Waals surface area contributed by atoms with Crippen molar-refractivity contribution in [1.82, 2.24) is 0 Å². The summed E-state index contributed by atoms with van der Waals surface area (Å²) in [5, 5.41) is 0. The molecule has 3 aromatic carbocycles. The molecular weight excluding hydrogens is 344 g/mol. The fourth-order valence-corrected chi connectivity index (χ4v) is 3.08. The van der Waals surface area contributed by atoms with Gasteiger partial charge >= 0.3 is 0 Å². The Labute approximate surface area is 169 Å². The van der Waals surface area contributed by atoms with E-state index in [2.05, 4.69) is 81.4 Å². The lowest BCUT2D eigenvalue weighted by Gasteiger charge is -2.20. The van der Waals surface area contributed by atoms with Gasteiger partial charge in [-0.2, -0.15) is 0 Å². The molecule has 0 saturated carbocycles. The van der Waals surface area contributed by atoms with E-state index in [1.807, 2.05) is 18.2 Å². The van der Waals surface area contributed by atoms with E-state index in [4.69, 9.17) is 9.47 Å². The van der Waals surface area contributed by atoms with Gasteiger partial charge in [0.25, 0.3) is 0 Å². The first-order valence-corrected chi connectivity index (χ1v) is 10.1. The van der Waals surface area contributed by atoms with Crippen molar-refractivity contribution in [3.63, 3.8) is 0 Å². The summed E-state index contributed by atoms with van der Waals surface area (Å²) >= 11 is 0. The lowest BCUT2D eigenvalue weighted by Crippen LogP contribution is -2.23. The summed E-state index contributed by atoms with van der Waals surface area (Å²) in [6.07, 6.45) is 1.51. The molecule has 0 spiro atoms. The Hall–Kier alpha value is -2.58. The van der Waals surface area contributed by atoms with Crippen LogP contribution >= 0.6 is 0 Å². The lowest BCUT2D eigenvalue weighted by molar-refractivity contribution is -0.0880. The van der Waals surface area contributed by atoms with Crippen LogP contribution in [0.5, 0.6) is 5.75 Å². The molecule has 0 aliphatic rings. The van der Waals surface area contributed by atoms with Gasteiger partial charge in [0.05, 0.1) is 6.61 Å². The van der Waals surface area contributed by atoms with Crippen LogP contribution in [-0.2, 0) is 17.8 Å². The molecule has 3 rings (SSSR count). The summed E-state index contributed by atoms with van der Waals surface area (Å²) in [4.78, 5) is 0. The van der Waals surface area contributed by atoms with Gasteiger partial charge in [-0.3, -0.25) is 0 Å². The maximum atomic E-state index is 6.21. The van der Waals surface area contributed by atoms with Gasteiger partial charge in [-0.25, -0.2) is 0 Å². The van der Waals surface area contributed by atoms with Gasteiger partial charge in [0, 0.05) is 6.42 Å². The van der Waals surface area contributed by atoms with Crippen molar-refractivity contribution in [1.29, 1.82) is 0 Å². The van der Waals surface area contributed by atoms with Crippen molar-refractivity contribution in [3.05, 3.63) is 101 Å².